The molecule has 4 heteroatoms. The number of carbonyl (C=O) groups is 1. The van der Waals surface area contributed by atoms with Crippen molar-refractivity contribution in [2.45, 2.75) is 13.8 Å². The van der Waals surface area contributed by atoms with Gasteiger partial charge in [0.2, 0.25) is 5.91 Å². The minimum absolute atomic E-state index is 0. The lowest BCUT2D eigenvalue weighted by Crippen LogP contribution is -2.26. The van der Waals surface area contributed by atoms with E-state index in [1.165, 1.54) is 0 Å². The molecule has 0 aliphatic heterocycles. The van der Waals surface area contributed by atoms with Gasteiger partial charge in [0.15, 0.2) is 0 Å². The van der Waals surface area contributed by atoms with Gasteiger partial charge in [0.25, 0.3) is 0 Å². The average molecular weight is 199 g/mol. The maximum atomic E-state index is 10.8. The summed E-state index contributed by atoms with van der Waals surface area (Å²) in [5, 5.41) is 5.38. The Morgan fingerprint density at radius 3 is 2.71 bits per heavy atom. The van der Waals surface area contributed by atoms with Gasteiger partial charge in [-0.05, 0) is 12.1 Å². The van der Waals surface area contributed by atoms with Crippen LogP contribution in [-0.2, 0) is 4.79 Å². The third kappa shape index (κ3) is 5.13. The van der Waals surface area contributed by atoms with Gasteiger partial charge in [0.1, 0.15) is 5.82 Å². The van der Waals surface area contributed by atoms with Gasteiger partial charge in [0, 0.05) is 16.1 Å². The van der Waals surface area contributed by atoms with Crippen molar-refractivity contribution in [3.05, 3.63) is 24.4 Å². The summed E-state index contributed by atoms with van der Waals surface area (Å²) in [6, 6.07) is 5.49. The Labute approximate surface area is 87.7 Å². The maximum Gasteiger partial charge on any atom is 0.239 e. The molecular formula is C10H21N3O. The first-order valence-corrected chi connectivity index (χ1v) is 4.68. The first-order valence-electron chi connectivity index (χ1n) is 4.68. The van der Waals surface area contributed by atoms with E-state index >= 15 is 0 Å². The Hall–Kier alpha value is -1.58. The Morgan fingerprint density at radius 2 is 2.21 bits per heavy atom. The molecule has 1 aromatic rings. The van der Waals surface area contributed by atoms with Gasteiger partial charge < -0.3 is 10.6 Å². The number of aromatic nitrogens is 1. The van der Waals surface area contributed by atoms with Gasteiger partial charge in [-0.2, -0.15) is 0 Å². The van der Waals surface area contributed by atoms with Crippen LogP contribution in [0.3, 0.4) is 0 Å². The van der Waals surface area contributed by atoms with Crippen molar-refractivity contribution in [1.29, 1.82) is 0 Å². The van der Waals surface area contributed by atoms with Crippen molar-refractivity contribution < 1.29 is 7.65 Å². The molecule has 0 aromatic carbocycles. The predicted molar refractivity (Wildman–Crippen MR) is 62.4 cm³/mol. The molecular weight excluding hydrogens is 178 g/mol. The summed E-state index contributed by atoms with van der Waals surface area (Å²) in [7, 11) is 1.60. The summed E-state index contributed by atoms with van der Waals surface area (Å²) < 4.78 is 0. The van der Waals surface area contributed by atoms with E-state index < -0.39 is 0 Å². The molecule has 4 nitrogen and oxygen atoms in total. The molecule has 0 saturated heterocycles. The topological polar surface area (TPSA) is 54.0 Å². The minimum atomic E-state index is -0.0550. The molecule has 1 rings (SSSR count). The van der Waals surface area contributed by atoms with Crippen molar-refractivity contribution in [2.75, 3.05) is 18.9 Å². The summed E-state index contributed by atoms with van der Waals surface area (Å²) in [4.78, 5) is 14.8. The molecule has 0 spiro atoms. The van der Waals surface area contributed by atoms with E-state index in [1.807, 2.05) is 32.0 Å². The summed E-state index contributed by atoms with van der Waals surface area (Å²) in [6.45, 7) is 4.26. The van der Waals surface area contributed by atoms with Crippen LogP contribution in [0.25, 0.3) is 0 Å². The van der Waals surface area contributed by atoms with Crippen LogP contribution in [0.1, 0.15) is 16.7 Å². The van der Waals surface area contributed by atoms with E-state index in [-0.39, 0.29) is 15.3 Å². The number of amides is 1. The third-order valence-corrected chi connectivity index (χ3v) is 1.37. The zero-order valence-electron chi connectivity index (χ0n) is 8.87. The minimum Gasteiger partial charge on any atom is -0.361 e. The number of rotatable bonds is 3. The van der Waals surface area contributed by atoms with Gasteiger partial charge >= 0.3 is 0 Å². The molecule has 0 bridgehead atoms. The normalized spacial score (nSPS) is 8.21. The molecule has 1 amide bonds. The van der Waals surface area contributed by atoms with Crippen molar-refractivity contribution in [3.8, 4) is 0 Å². The number of hydrogen-bond acceptors (Lipinski definition) is 3. The molecule has 14 heavy (non-hydrogen) atoms. The van der Waals surface area contributed by atoms with Crippen molar-refractivity contribution in [3.63, 3.8) is 0 Å². The Kier molecular flexibility index (Phi) is 7.13. The monoisotopic (exact) mass is 199 g/mol. The fourth-order valence-corrected chi connectivity index (χ4v) is 0.727. The highest BCUT2D eigenvalue weighted by molar-refractivity contribution is 5.79. The molecule has 1 aromatic heterocycles. The van der Waals surface area contributed by atoms with E-state index in [1.54, 1.807) is 13.2 Å². The summed E-state index contributed by atoms with van der Waals surface area (Å²) in [6.07, 6.45) is 1.67. The molecule has 0 radical (unpaired) electrons. The first kappa shape index (κ1) is 12.4. The predicted octanol–water partition coefficient (Wildman–Crippen LogP) is 1.76. The van der Waals surface area contributed by atoms with E-state index in [9.17, 15) is 4.79 Å². The summed E-state index contributed by atoms with van der Waals surface area (Å²) in [5.74, 6) is 0.654. The number of nitrogens with one attached hydrogen (secondary N) is 2. The largest absolute Gasteiger partial charge is 0.361 e. The van der Waals surface area contributed by atoms with Gasteiger partial charge in [-0.3, -0.25) is 4.79 Å². The fourth-order valence-electron chi connectivity index (χ4n) is 0.727. The van der Waals surface area contributed by atoms with E-state index in [4.69, 9.17) is 0 Å². The molecule has 0 aliphatic carbocycles. The van der Waals surface area contributed by atoms with Crippen LogP contribution in [0.5, 0.6) is 0 Å². The van der Waals surface area contributed by atoms with Crippen LogP contribution in [0.2, 0.25) is 0 Å². The van der Waals surface area contributed by atoms with Gasteiger partial charge in [-0.1, -0.05) is 19.9 Å². The second kappa shape index (κ2) is 8.04. The van der Waals surface area contributed by atoms with Crippen molar-refractivity contribution >= 4 is 11.7 Å². The molecule has 1 heterocycles. The van der Waals surface area contributed by atoms with Gasteiger partial charge in [0.05, 0.1) is 6.54 Å². The summed E-state index contributed by atoms with van der Waals surface area (Å²) >= 11 is 0. The second-order valence-electron chi connectivity index (χ2n) is 2.24. The number of hydrogen-bond donors (Lipinski definition) is 2. The Bertz CT molecular complexity index is 258. The highest BCUT2D eigenvalue weighted by Crippen LogP contribution is 1.97. The molecule has 0 saturated carbocycles. The Balaban J connectivity index is -0.000000399. The van der Waals surface area contributed by atoms with Crippen LogP contribution in [-0.4, -0.2) is 24.5 Å². The number of anilines is 1. The van der Waals surface area contributed by atoms with Crippen LogP contribution in [0.4, 0.5) is 5.82 Å². The molecule has 0 unspecified atom stereocenters. The van der Waals surface area contributed by atoms with Crippen LogP contribution in [0.15, 0.2) is 24.4 Å². The fraction of sp³-hybridized carbons (Fsp3) is 0.400. The molecule has 0 aliphatic rings. The molecule has 0 fully saturated rings. The van der Waals surface area contributed by atoms with E-state index in [2.05, 4.69) is 15.6 Å². The SMILES string of the molecule is CC.CNC(=O)CNc1ccccn1.[HH].[HH]. The van der Waals surface area contributed by atoms with Crippen LogP contribution < -0.4 is 10.6 Å². The number of nitrogens with zero attached hydrogens (tertiary/aromatic N) is 1. The lowest BCUT2D eigenvalue weighted by Gasteiger charge is -2.02. The highest BCUT2D eigenvalue weighted by atomic mass is 16.1. The van der Waals surface area contributed by atoms with Crippen LogP contribution in [0, 0.1) is 0 Å². The van der Waals surface area contributed by atoms with Crippen molar-refractivity contribution in [2.24, 2.45) is 0 Å². The lowest BCUT2D eigenvalue weighted by atomic mass is 10.4. The highest BCUT2D eigenvalue weighted by Gasteiger charge is 1.96. The Morgan fingerprint density at radius 1 is 1.50 bits per heavy atom. The van der Waals surface area contributed by atoms with Gasteiger partial charge in [-0.15, -0.1) is 0 Å². The number of carbonyl (C=O) groups excluding carboxylic acids is 1. The summed E-state index contributed by atoms with van der Waals surface area (Å²) in [5.41, 5.74) is 0. The van der Waals surface area contributed by atoms with Gasteiger partial charge in [-0.25, -0.2) is 4.98 Å². The third-order valence-electron chi connectivity index (χ3n) is 1.37. The van der Waals surface area contributed by atoms with E-state index in [0.29, 0.717) is 5.82 Å². The molecule has 0 atom stereocenters. The maximum absolute atomic E-state index is 10.8. The lowest BCUT2D eigenvalue weighted by molar-refractivity contribution is -0.118. The van der Waals surface area contributed by atoms with Crippen LogP contribution >= 0.6 is 0 Å². The van der Waals surface area contributed by atoms with E-state index in [0.717, 1.165) is 0 Å². The average Bonchev–Trinajstić information content (AvgIpc) is 2.30. The smallest absolute Gasteiger partial charge is 0.239 e. The number of likely N-dealkylation sites (N-methyl/N-ethyl adjacent to an activating group) is 1. The molecule has 2 N–H and O–H groups in total. The zero-order valence-corrected chi connectivity index (χ0v) is 8.87. The second-order valence-corrected chi connectivity index (χ2v) is 2.24. The molecule has 82 valence electrons. The number of pyridine rings is 1. The zero-order chi connectivity index (χ0) is 10.8. The standard InChI is InChI=1S/C8H11N3O.C2H6.2H2/c1-9-8(12)6-11-7-4-2-3-5-10-7;1-2;;/h2-5H,6H2,1H3,(H,9,12)(H,10,11);1-2H3;2*1H. The quantitative estimate of drug-likeness (QED) is 0.780. The van der Waals surface area contributed by atoms with Crippen molar-refractivity contribution in [1.82, 2.24) is 10.3 Å². The first-order chi connectivity index (χ1) is 6.83.